The van der Waals surface area contributed by atoms with Crippen molar-refractivity contribution in [1.29, 1.82) is 0 Å². The van der Waals surface area contributed by atoms with Crippen molar-refractivity contribution >= 4 is 35.0 Å². The van der Waals surface area contributed by atoms with Crippen molar-refractivity contribution in [3.8, 4) is 0 Å². The average Bonchev–Trinajstić information content (AvgIpc) is 2.64. The van der Waals surface area contributed by atoms with Gasteiger partial charge in [0.2, 0.25) is 5.91 Å². The third-order valence-corrected chi connectivity index (χ3v) is 4.26. The highest BCUT2D eigenvalue weighted by molar-refractivity contribution is 8.01. The van der Waals surface area contributed by atoms with Crippen LogP contribution >= 0.6 is 23.1 Å². The molecule has 0 unspecified atom stereocenters. The van der Waals surface area contributed by atoms with E-state index in [0.29, 0.717) is 6.54 Å². The minimum atomic E-state index is -0.873. The number of hydrogen-bond acceptors (Lipinski definition) is 5. The summed E-state index contributed by atoms with van der Waals surface area (Å²) in [7, 11) is 0. The minimum Gasteiger partial charge on any atom is -0.481 e. The van der Waals surface area contributed by atoms with Gasteiger partial charge in [0.1, 0.15) is 0 Å². The van der Waals surface area contributed by atoms with Crippen LogP contribution in [0.1, 0.15) is 10.6 Å². The van der Waals surface area contributed by atoms with Gasteiger partial charge in [0.15, 0.2) is 4.34 Å². The molecule has 1 rings (SSSR count). The molecule has 2 N–H and O–H groups in total. The van der Waals surface area contributed by atoms with Crippen LogP contribution in [0.25, 0.3) is 0 Å². The van der Waals surface area contributed by atoms with Crippen LogP contribution < -0.4 is 5.32 Å². The van der Waals surface area contributed by atoms with Crippen LogP contribution in [0.2, 0.25) is 0 Å². The number of nitrogens with zero attached hydrogens (tertiary/aromatic N) is 1. The molecule has 0 saturated carbocycles. The molecule has 0 aliphatic rings. The quantitative estimate of drug-likeness (QED) is 0.586. The van der Waals surface area contributed by atoms with E-state index in [1.165, 1.54) is 23.1 Å². The van der Waals surface area contributed by atoms with Crippen LogP contribution in [0, 0.1) is 6.92 Å². The Labute approximate surface area is 113 Å². The van der Waals surface area contributed by atoms with Crippen LogP contribution in [0.4, 0.5) is 0 Å². The third kappa shape index (κ3) is 4.89. The number of rotatable bonds is 7. The van der Waals surface area contributed by atoms with Gasteiger partial charge in [0.25, 0.3) is 0 Å². The third-order valence-electron chi connectivity index (χ3n) is 1.96. The second-order valence-electron chi connectivity index (χ2n) is 3.44. The van der Waals surface area contributed by atoms with E-state index in [0.717, 1.165) is 14.9 Å². The standard InChI is InChI=1S/C11H14N2O3S2/c1-3-4-12-9(14)6-17-11-13-7(2)8(18-11)5-10(15)16/h3H,1,4-6H2,2H3,(H,12,14)(H,15,16). The number of carbonyl (C=O) groups is 2. The maximum Gasteiger partial charge on any atom is 0.308 e. The largest absolute Gasteiger partial charge is 0.481 e. The molecule has 0 aliphatic heterocycles. The average molecular weight is 286 g/mol. The lowest BCUT2D eigenvalue weighted by Crippen LogP contribution is -2.24. The van der Waals surface area contributed by atoms with E-state index in [1.807, 2.05) is 0 Å². The van der Waals surface area contributed by atoms with Crippen LogP contribution in [-0.4, -0.2) is 34.3 Å². The molecule has 0 aliphatic carbocycles. The summed E-state index contributed by atoms with van der Waals surface area (Å²) >= 11 is 2.63. The molecule has 0 bridgehead atoms. The van der Waals surface area contributed by atoms with Gasteiger partial charge in [-0.25, -0.2) is 4.98 Å². The van der Waals surface area contributed by atoms with Gasteiger partial charge in [-0.1, -0.05) is 17.8 Å². The Kier molecular flexibility index (Phi) is 5.87. The van der Waals surface area contributed by atoms with Gasteiger partial charge in [0.05, 0.1) is 17.9 Å². The number of aryl methyl sites for hydroxylation is 1. The molecule has 1 amide bonds. The summed E-state index contributed by atoms with van der Waals surface area (Å²) in [5, 5.41) is 11.4. The molecule has 1 aromatic rings. The highest BCUT2D eigenvalue weighted by Crippen LogP contribution is 2.27. The van der Waals surface area contributed by atoms with Crippen molar-refractivity contribution in [3.05, 3.63) is 23.2 Å². The first-order valence-electron chi connectivity index (χ1n) is 5.21. The van der Waals surface area contributed by atoms with Crippen LogP contribution in [0.15, 0.2) is 17.0 Å². The number of carboxylic acids is 1. The fourth-order valence-electron chi connectivity index (χ4n) is 1.13. The van der Waals surface area contributed by atoms with Gasteiger partial charge in [-0.15, -0.1) is 17.9 Å². The molecule has 1 heterocycles. The smallest absolute Gasteiger partial charge is 0.308 e. The van der Waals surface area contributed by atoms with E-state index in [-0.39, 0.29) is 18.1 Å². The molecule has 7 heteroatoms. The lowest BCUT2D eigenvalue weighted by molar-refractivity contribution is -0.136. The number of thiazole rings is 1. The number of hydrogen-bond donors (Lipinski definition) is 2. The van der Waals surface area contributed by atoms with Crippen molar-refractivity contribution in [2.75, 3.05) is 12.3 Å². The van der Waals surface area contributed by atoms with E-state index in [2.05, 4.69) is 16.9 Å². The zero-order valence-electron chi connectivity index (χ0n) is 9.93. The topological polar surface area (TPSA) is 79.3 Å². The Hall–Kier alpha value is -1.34. The second-order valence-corrected chi connectivity index (χ2v) is 5.75. The Morgan fingerprint density at radius 1 is 1.61 bits per heavy atom. The van der Waals surface area contributed by atoms with Gasteiger partial charge in [-0.05, 0) is 6.92 Å². The Balaban J connectivity index is 2.50. The molecule has 0 saturated heterocycles. The number of aromatic nitrogens is 1. The summed E-state index contributed by atoms with van der Waals surface area (Å²) in [6.45, 7) is 5.73. The highest BCUT2D eigenvalue weighted by atomic mass is 32.2. The normalized spacial score (nSPS) is 10.1. The SMILES string of the molecule is C=CCNC(=O)CSc1nc(C)c(CC(=O)O)s1. The van der Waals surface area contributed by atoms with Gasteiger partial charge < -0.3 is 10.4 Å². The van der Waals surface area contributed by atoms with Gasteiger partial charge in [0, 0.05) is 11.4 Å². The molecule has 1 aromatic heterocycles. The molecule has 0 aromatic carbocycles. The Morgan fingerprint density at radius 3 is 2.94 bits per heavy atom. The number of aliphatic carboxylic acids is 1. The predicted molar refractivity (Wildman–Crippen MR) is 72.1 cm³/mol. The lowest BCUT2D eigenvalue weighted by Gasteiger charge is -1.99. The summed E-state index contributed by atoms with van der Waals surface area (Å²) in [5.41, 5.74) is 0.719. The van der Waals surface area contributed by atoms with Crippen LogP contribution in [-0.2, 0) is 16.0 Å². The summed E-state index contributed by atoms with van der Waals surface area (Å²) < 4.78 is 0.720. The second kappa shape index (κ2) is 7.17. The van der Waals surface area contributed by atoms with E-state index >= 15 is 0 Å². The molecule has 0 fully saturated rings. The first-order valence-corrected chi connectivity index (χ1v) is 7.01. The molecule has 5 nitrogen and oxygen atoms in total. The monoisotopic (exact) mass is 286 g/mol. The van der Waals surface area contributed by atoms with Crippen LogP contribution in [0.5, 0.6) is 0 Å². The fraction of sp³-hybridized carbons (Fsp3) is 0.364. The lowest BCUT2D eigenvalue weighted by atomic mass is 10.3. The summed E-state index contributed by atoms with van der Waals surface area (Å²) in [5.74, 6) is -0.692. The van der Waals surface area contributed by atoms with Gasteiger partial charge >= 0.3 is 5.97 Å². The van der Waals surface area contributed by atoms with Gasteiger partial charge in [-0.2, -0.15) is 0 Å². The summed E-state index contributed by atoms with van der Waals surface area (Å²) in [6, 6.07) is 0. The zero-order valence-corrected chi connectivity index (χ0v) is 11.6. The van der Waals surface area contributed by atoms with Crippen molar-refractivity contribution in [2.45, 2.75) is 17.7 Å². The first-order chi connectivity index (χ1) is 8.52. The molecule has 0 spiro atoms. The van der Waals surface area contributed by atoms with Crippen molar-refractivity contribution in [2.24, 2.45) is 0 Å². The minimum absolute atomic E-state index is 0.0211. The highest BCUT2D eigenvalue weighted by Gasteiger charge is 2.12. The van der Waals surface area contributed by atoms with E-state index in [1.54, 1.807) is 13.0 Å². The van der Waals surface area contributed by atoms with Crippen LogP contribution in [0.3, 0.4) is 0 Å². The number of amides is 1. The Morgan fingerprint density at radius 2 is 2.33 bits per heavy atom. The number of carbonyl (C=O) groups excluding carboxylic acids is 1. The van der Waals surface area contributed by atoms with Gasteiger partial charge in [-0.3, -0.25) is 9.59 Å². The first kappa shape index (κ1) is 14.7. The molecule has 98 valence electrons. The molecular weight excluding hydrogens is 272 g/mol. The molecular formula is C11H14N2O3S2. The molecule has 0 radical (unpaired) electrons. The fourth-order valence-corrected chi connectivity index (χ4v) is 3.18. The summed E-state index contributed by atoms with van der Waals surface area (Å²) in [6.07, 6.45) is 1.59. The zero-order chi connectivity index (χ0) is 13.5. The maximum atomic E-state index is 11.3. The maximum absolute atomic E-state index is 11.3. The predicted octanol–water partition coefficient (Wildman–Crippen LogP) is 1.47. The van der Waals surface area contributed by atoms with E-state index in [4.69, 9.17) is 5.11 Å². The van der Waals surface area contributed by atoms with Crippen molar-refractivity contribution in [1.82, 2.24) is 10.3 Å². The van der Waals surface area contributed by atoms with Crippen molar-refractivity contribution in [3.63, 3.8) is 0 Å². The Bertz CT molecular complexity index is 457. The summed E-state index contributed by atoms with van der Waals surface area (Å²) in [4.78, 5) is 26.9. The number of carboxylic acid groups (broad SMARTS) is 1. The number of thioether (sulfide) groups is 1. The molecule has 18 heavy (non-hydrogen) atoms. The number of nitrogens with one attached hydrogen (secondary N) is 1. The van der Waals surface area contributed by atoms with E-state index < -0.39 is 5.97 Å². The molecule has 0 atom stereocenters. The van der Waals surface area contributed by atoms with E-state index in [9.17, 15) is 9.59 Å². The van der Waals surface area contributed by atoms with Crippen molar-refractivity contribution < 1.29 is 14.7 Å².